The number of rotatable bonds is 6. The summed E-state index contributed by atoms with van der Waals surface area (Å²) in [6, 6.07) is 5.27. The van der Waals surface area contributed by atoms with E-state index in [1.807, 2.05) is 13.8 Å². The normalized spacial score (nSPS) is 17.8. The third kappa shape index (κ3) is 4.59. The Kier molecular flexibility index (Phi) is 6.34. The van der Waals surface area contributed by atoms with Crippen LogP contribution in [0.15, 0.2) is 24.4 Å². The molecule has 0 spiro atoms. The van der Waals surface area contributed by atoms with Crippen molar-refractivity contribution < 1.29 is 9.90 Å². The van der Waals surface area contributed by atoms with Crippen molar-refractivity contribution in [2.45, 2.75) is 39.3 Å². The van der Waals surface area contributed by atoms with Crippen LogP contribution in [0.1, 0.15) is 48.8 Å². The van der Waals surface area contributed by atoms with Gasteiger partial charge < -0.3 is 10.0 Å². The zero-order valence-corrected chi connectivity index (χ0v) is 16.6. The second-order valence-electron chi connectivity index (χ2n) is 6.87. The molecule has 0 saturated carbocycles. The summed E-state index contributed by atoms with van der Waals surface area (Å²) >= 11 is 6.05. The minimum atomic E-state index is -0.0808. The molecule has 0 aliphatic carbocycles. The van der Waals surface area contributed by atoms with E-state index in [-0.39, 0.29) is 17.7 Å². The maximum Gasteiger partial charge on any atom is 0.276 e. The number of halogens is 1. The van der Waals surface area contributed by atoms with Crippen molar-refractivity contribution in [3.8, 4) is 5.75 Å². The first-order valence-electron chi connectivity index (χ1n) is 9.42. The number of aromatic hydroxyl groups is 1. The second kappa shape index (κ2) is 8.71. The van der Waals surface area contributed by atoms with Gasteiger partial charge in [0.25, 0.3) is 5.91 Å². The molecule has 146 valence electrons. The Hall–Kier alpha value is -2.12. The third-order valence-corrected chi connectivity index (χ3v) is 5.31. The molecule has 0 radical (unpaired) electrons. The molecular formula is C19H26ClN5O2. The molecule has 1 aliphatic heterocycles. The van der Waals surface area contributed by atoms with Crippen molar-refractivity contribution in [3.05, 3.63) is 40.7 Å². The zero-order valence-electron chi connectivity index (χ0n) is 15.8. The molecule has 1 atom stereocenters. The zero-order chi connectivity index (χ0) is 19.4. The SMILES string of the molecule is CCN(CC)C(=O)c1cn([C@H]2CCCN(Cc3cc(Cl)ccc3O)C2)nn1. The number of piperidine rings is 1. The summed E-state index contributed by atoms with van der Waals surface area (Å²) in [5, 5.41) is 19.0. The topological polar surface area (TPSA) is 74.5 Å². The molecule has 3 rings (SSSR count). The first-order chi connectivity index (χ1) is 13.0. The van der Waals surface area contributed by atoms with Gasteiger partial charge in [-0.05, 0) is 51.4 Å². The molecule has 1 fully saturated rings. The Labute approximate surface area is 164 Å². The van der Waals surface area contributed by atoms with Crippen LogP contribution in [0.2, 0.25) is 5.02 Å². The highest BCUT2D eigenvalue weighted by atomic mass is 35.5. The summed E-state index contributed by atoms with van der Waals surface area (Å²) in [4.78, 5) is 16.4. The van der Waals surface area contributed by atoms with Crippen LogP contribution in [0, 0.1) is 0 Å². The van der Waals surface area contributed by atoms with Crippen LogP contribution in [-0.4, -0.2) is 62.0 Å². The lowest BCUT2D eigenvalue weighted by Gasteiger charge is -2.32. The van der Waals surface area contributed by atoms with Crippen molar-refractivity contribution in [2.24, 2.45) is 0 Å². The summed E-state index contributed by atoms with van der Waals surface area (Å²) in [5.41, 5.74) is 1.21. The van der Waals surface area contributed by atoms with E-state index in [1.165, 1.54) is 0 Å². The maximum atomic E-state index is 12.4. The summed E-state index contributed by atoms with van der Waals surface area (Å²) in [7, 11) is 0. The first kappa shape index (κ1) is 19.6. The van der Waals surface area contributed by atoms with Gasteiger partial charge in [0, 0.05) is 36.8 Å². The number of amides is 1. The molecular weight excluding hydrogens is 366 g/mol. The fraction of sp³-hybridized carbons (Fsp3) is 0.526. The van der Waals surface area contributed by atoms with Crippen molar-refractivity contribution in [3.63, 3.8) is 0 Å². The van der Waals surface area contributed by atoms with Crippen molar-refractivity contribution >= 4 is 17.5 Å². The second-order valence-corrected chi connectivity index (χ2v) is 7.30. The van der Waals surface area contributed by atoms with Gasteiger partial charge in [-0.3, -0.25) is 9.69 Å². The average molecular weight is 392 g/mol. The smallest absolute Gasteiger partial charge is 0.276 e. The number of hydrogen-bond acceptors (Lipinski definition) is 5. The van der Waals surface area contributed by atoms with Gasteiger partial charge in [-0.1, -0.05) is 16.8 Å². The Balaban J connectivity index is 1.68. The molecule has 1 saturated heterocycles. The van der Waals surface area contributed by atoms with Crippen LogP contribution in [0.5, 0.6) is 5.75 Å². The molecule has 2 heterocycles. The number of phenols is 1. The minimum Gasteiger partial charge on any atom is -0.508 e. The van der Waals surface area contributed by atoms with Crippen molar-refractivity contribution in [2.75, 3.05) is 26.2 Å². The van der Waals surface area contributed by atoms with Crippen LogP contribution >= 0.6 is 11.6 Å². The highest BCUT2D eigenvalue weighted by Crippen LogP contribution is 2.27. The van der Waals surface area contributed by atoms with Crippen LogP contribution < -0.4 is 0 Å². The highest BCUT2D eigenvalue weighted by Gasteiger charge is 2.25. The van der Waals surface area contributed by atoms with Crippen LogP contribution in [0.4, 0.5) is 0 Å². The number of carbonyl (C=O) groups excluding carboxylic acids is 1. The molecule has 27 heavy (non-hydrogen) atoms. The van der Waals surface area contributed by atoms with Gasteiger partial charge in [0.05, 0.1) is 12.2 Å². The maximum absolute atomic E-state index is 12.4. The molecule has 0 unspecified atom stereocenters. The van der Waals surface area contributed by atoms with E-state index in [9.17, 15) is 9.90 Å². The van der Waals surface area contributed by atoms with Gasteiger partial charge in [-0.2, -0.15) is 0 Å². The minimum absolute atomic E-state index is 0.0808. The van der Waals surface area contributed by atoms with E-state index in [1.54, 1.807) is 34.0 Å². The number of nitrogens with zero attached hydrogens (tertiary/aromatic N) is 5. The molecule has 1 N–H and O–H groups in total. The lowest BCUT2D eigenvalue weighted by Crippen LogP contribution is -2.36. The lowest BCUT2D eigenvalue weighted by molar-refractivity contribution is 0.0767. The average Bonchev–Trinajstić information content (AvgIpc) is 3.16. The third-order valence-electron chi connectivity index (χ3n) is 5.07. The number of benzene rings is 1. The van der Waals surface area contributed by atoms with E-state index in [2.05, 4.69) is 15.2 Å². The van der Waals surface area contributed by atoms with E-state index >= 15 is 0 Å². The van der Waals surface area contributed by atoms with Gasteiger partial charge in [0.15, 0.2) is 5.69 Å². The number of likely N-dealkylation sites (tertiary alicyclic amines) is 1. The fourth-order valence-corrected chi connectivity index (χ4v) is 3.73. The predicted molar refractivity (Wildman–Crippen MR) is 104 cm³/mol. The standard InChI is InChI=1S/C19H26ClN5O2/c1-3-24(4-2)19(27)17-13-25(22-21-17)16-6-5-9-23(12-16)11-14-10-15(20)7-8-18(14)26/h7-8,10,13,16,26H,3-6,9,11-12H2,1-2H3/t16-/m0/s1. The quantitative estimate of drug-likeness (QED) is 0.819. The number of phenolic OH excluding ortho intramolecular Hbond substituents is 1. The van der Waals surface area contributed by atoms with Crippen LogP contribution in [0.3, 0.4) is 0 Å². The summed E-state index contributed by atoms with van der Waals surface area (Å²) in [6.45, 7) is 7.58. The monoisotopic (exact) mass is 391 g/mol. The molecule has 2 aromatic rings. The van der Waals surface area contributed by atoms with Gasteiger partial charge in [-0.25, -0.2) is 4.68 Å². The van der Waals surface area contributed by atoms with Crippen molar-refractivity contribution in [1.82, 2.24) is 24.8 Å². The van der Waals surface area contributed by atoms with E-state index in [4.69, 9.17) is 11.6 Å². The fourth-order valence-electron chi connectivity index (χ4n) is 3.54. The Morgan fingerprint density at radius 2 is 2.15 bits per heavy atom. The molecule has 8 heteroatoms. The highest BCUT2D eigenvalue weighted by molar-refractivity contribution is 6.30. The summed E-state index contributed by atoms with van der Waals surface area (Å²) < 4.78 is 1.81. The van der Waals surface area contributed by atoms with Crippen LogP contribution in [-0.2, 0) is 6.54 Å². The van der Waals surface area contributed by atoms with Gasteiger partial charge in [-0.15, -0.1) is 5.10 Å². The van der Waals surface area contributed by atoms with Crippen LogP contribution in [0.25, 0.3) is 0 Å². The molecule has 1 aromatic heterocycles. The molecule has 1 amide bonds. The number of hydrogen-bond donors (Lipinski definition) is 1. The first-order valence-corrected chi connectivity index (χ1v) is 9.80. The molecule has 7 nitrogen and oxygen atoms in total. The van der Waals surface area contributed by atoms with Gasteiger partial charge >= 0.3 is 0 Å². The molecule has 1 aliphatic rings. The Morgan fingerprint density at radius 3 is 2.89 bits per heavy atom. The molecule has 1 aromatic carbocycles. The van der Waals surface area contributed by atoms with Crippen molar-refractivity contribution in [1.29, 1.82) is 0 Å². The van der Waals surface area contributed by atoms with E-state index in [0.717, 1.165) is 31.5 Å². The number of aromatic nitrogens is 3. The largest absolute Gasteiger partial charge is 0.508 e. The summed E-state index contributed by atoms with van der Waals surface area (Å²) in [5.74, 6) is 0.178. The number of carbonyl (C=O) groups is 1. The predicted octanol–water partition coefficient (Wildman–Crippen LogP) is 2.96. The summed E-state index contributed by atoms with van der Waals surface area (Å²) in [6.07, 6.45) is 3.76. The van der Waals surface area contributed by atoms with E-state index < -0.39 is 0 Å². The van der Waals surface area contributed by atoms with Gasteiger partial charge in [0.1, 0.15) is 5.75 Å². The Morgan fingerprint density at radius 1 is 1.37 bits per heavy atom. The van der Waals surface area contributed by atoms with Gasteiger partial charge in [0.2, 0.25) is 0 Å². The molecule has 0 bridgehead atoms. The lowest BCUT2D eigenvalue weighted by atomic mass is 10.0. The van der Waals surface area contributed by atoms with E-state index in [0.29, 0.717) is 30.4 Å². The Bertz CT molecular complexity index is 790.